The lowest BCUT2D eigenvalue weighted by atomic mass is 10.2. The van der Waals surface area contributed by atoms with Crippen LogP contribution in [0.2, 0.25) is 0 Å². The van der Waals surface area contributed by atoms with Crippen LogP contribution in [0, 0.1) is 0 Å². The van der Waals surface area contributed by atoms with Crippen LogP contribution in [0.5, 0.6) is 0 Å². The van der Waals surface area contributed by atoms with E-state index in [9.17, 15) is 4.79 Å². The summed E-state index contributed by atoms with van der Waals surface area (Å²) in [4.78, 5) is 11.8. The van der Waals surface area contributed by atoms with Gasteiger partial charge in [-0.2, -0.15) is 5.10 Å². The van der Waals surface area contributed by atoms with Crippen molar-refractivity contribution in [1.82, 2.24) is 9.78 Å². The molecule has 0 bridgehead atoms. The van der Waals surface area contributed by atoms with Crippen LogP contribution in [-0.4, -0.2) is 15.6 Å². The maximum Gasteiger partial charge on any atom is 0.247 e. The highest BCUT2D eigenvalue weighted by Gasteiger charge is 2.18. The molecule has 0 radical (unpaired) electrons. The number of nitrogens with zero attached hydrogens (tertiary/aromatic N) is 2. The molecule has 14 heavy (non-hydrogen) atoms. The topological polar surface area (TPSA) is 48.0 Å². The first-order valence-electron chi connectivity index (χ1n) is 3.96. The molecular formula is C9H7BrN2O2. The summed E-state index contributed by atoms with van der Waals surface area (Å²) in [6, 6.07) is 3.33. The molecule has 0 saturated heterocycles. The van der Waals surface area contributed by atoms with Crippen LogP contribution in [0.3, 0.4) is 0 Å². The first-order valence-corrected chi connectivity index (χ1v) is 4.75. The van der Waals surface area contributed by atoms with Crippen molar-refractivity contribution in [2.45, 2.75) is 0 Å². The van der Waals surface area contributed by atoms with Crippen LogP contribution >= 0.6 is 15.9 Å². The Morgan fingerprint density at radius 1 is 1.57 bits per heavy atom. The molecule has 0 saturated carbocycles. The molecule has 2 aromatic heterocycles. The van der Waals surface area contributed by atoms with Crippen molar-refractivity contribution in [2.75, 3.05) is 0 Å². The predicted octanol–water partition coefficient (Wildman–Crippen LogP) is 2.01. The van der Waals surface area contributed by atoms with E-state index in [1.807, 2.05) is 0 Å². The van der Waals surface area contributed by atoms with Gasteiger partial charge in [-0.3, -0.25) is 9.48 Å². The molecule has 4 nitrogen and oxygen atoms in total. The van der Waals surface area contributed by atoms with E-state index in [0.29, 0.717) is 15.9 Å². The van der Waals surface area contributed by atoms with Crippen molar-refractivity contribution in [3.05, 3.63) is 40.5 Å². The number of aryl methyl sites for hydroxylation is 1. The Balaban J connectivity index is 2.44. The maximum atomic E-state index is 11.8. The minimum absolute atomic E-state index is 0.179. The highest BCUT2D eigenvalue weighted by atomic mass is 79.9. The number of hydrogen-bond acceptors (Lipinski definition) is 3. The number of carbonyl (C=O) groups is 1. The van der Waals surface area contributed by atoms with Crippen molar-refractivity contribution in [1.29, 1.82) is 0 Å². The highest BCUT2D eigenvalue weighted by Crippen LogP contribution is 2.20. The van der Waals surface area contributed by atoms with Crippen molar-refractivity contribution < 1.29 is 9.21 Å². The SMILES string of the molecule is Cn1nccc1C(=O)c1occc1Br. The zero-order chi connectivity index (χ0) is 10.1. The third-order valence-electron chi connectivity index (χ3n) is 1.88. The van der Waals surface area contributed by atoms with Crippen molar-refractivity contribution in [3.8, 4) is 0 Å². The third-order valence-corrected chi connectivity index (χ3v) is 2.50. The van der Waals surface area contributed by atoms with Crippen molar-refractivity contribution >= 4 is 21.7 Å². The fourth-order valence-corrected chi connectivity index (χ4v) is 1.55. The Kier molecular flexibility index (Phi) is 2.25. The summed E-state index contributed by atoms with van der Waals surface area (Å²) in [6.45, 7) is 0. The van der Waals surface area contributed by atoms with Crippen molar-refractivity contribution in [3.63, 3.8) is 0 Å². The van der Waals surface area contributed by atoms with E-state index in [1.165, 1.54) is 10.9 Å². The number of aromatic nitrogens is 2. The molecule has 0 amide bonds. The standard InChI is InChI=1S/C9H7BrN2O2/c1-12-7(2-4-11-12)8(13)9-6(10)3-5-14-9/h2-5H,1H3. The van der Waals surface area contributed by atoms with Gasteiger partial charge in [-0.15, -0.1) is 0 Å². The molecule has 5 heteroatoms. The summed E-state index contributed by atoms with van der Waals surface area (Å²) < 4.78 is 7.23. The van der Waals surface area contributed by atoms with Gasteiger partial charge in [0.2, 0.25) is 5.78 Å². The molecule has 0 aliphatic carbocycles. The van der Waals surface area contributed by atoms with Crippen molar-refractivity contribution in [2.24, 2.45) is 7.05 Å². The lowest BCUT2D eigenvalue weighted by Crippen LogP contribution is -2.07. The van der Waals surface area contributed by atoms with E-state index >= 15 is 0 Å². The van der Waals surface area contributed by atoms with Gasteiger partial charge in [-0.1, -0.05) is 0 Å². The maximum absolute atomic E-state index is 11.8. The van der Waals surface area contributed by atoms with Crippen LogP contribution in [0.25, 0.3) is 0 Å². The molecule has 0 N–H and O–H groups in total. The van der Waals surface area contributed by atoms with Gasteiger partial charge in [0.15, 0.2) is 5.76 Å². The minimum atomic E-state index is -0.179. The number of rotatable bonds is 2. The van der Waals surface area contributed by atoms with Crippen LogP contribution in [0.15, 0.2) is 33.5 Å². The second kappa shape index (κ2) is 3.42. The fraction of sp³-hybridized carbons (Fsp3) is 0.111. The van der Waals surface area contributed by atoms with E-state index in [2.05, 4.69) is 21.0 Å². The summed E-state index contributed by atoms with van der Waals surface area (Å²) in [5.41, 5.74) is 0.501. The molecule has 2 aromatic rings. The molecular weight excluding hydrogens is 248 g/mol. The van der Waals surface area contributed by atoms with E-state index in [4.69, 9.17) is 4.42 Å². The zero-order valence-corrected chi connectivity index (χ0v) is 8.98. The third kappa shape index (κ3) is 1.39. The Morgan fingerprint density at radius 2 is 2.36 bits per heavy atom. The molecule has 2 rings (SSSR count). The Hall–Kier alpha value is -1.36. The van der Waals surface area contributed by atoms with Gasteiger partial charge < -0.3 is 4.42 Å². The van der Waals surface area contributed by atoms with Gasteiger partial charge in [0.1, 0.15) is 5.69 Å². The van der Waals surface area contributed by atoms with Gasteiger partial charge >= 0.3 is 0 Å². The Labute approximate surface area is 88.6 Å². The van der Waals surface area contributed by atoms with Crippen LogP contribution in [0.1, 0.15) is 16.2 Å². The first-order chi connectivity index (χ1) is 6.70. The molecule has 0 unspecified atom stereocenters. The second-order valence-electron chi connectivity index (χ2n) is 2.77. The molecule has 0 fully saturated rings. The fourth-order valence-electron chi connectivity index (χ4n) is 1.17. The smallest absolute Gasteiger partial charge is 0.247 e. The number of hydrogen-bond donors (Lipinski definition) is 0. The molecule has 2 heterocycles. The zero-order valence-electron chi connectivity index (χ0n) is 7.40. The molecule has 72 valence electrons. The molecule has 0 spiro atoms. The highest BCUT2D eigenvalue weighted by molar-refractivity contribution is 9.10. The Morgan fingerprint density at radius 3 is 2.86 bits per heavy atom. The second-order valence-corrected chi connectivity index (χ2v) is 3.62. The average Bonchev–Trinajstić information content (AvgIpc) is 2.73. The molecule has 0 atom stereocenters. The molecule has 0 aliphatic heterocycles. The summed E-state index contributed by atoms with van der Waals surface area (Å²) in [5.74, 6) is 0.121. The normalized spacial score (nSPS) is 10.4. The lowest BCUT2D eigenvalue weighted by Gasteiger charge is -1.98. The Bertz CT molecular complexity index is 430. The first kappa shape index (κ1) is 9.21. The molecule has 0 aromatic carbocycles. The van der Waals surface area contributed by atoms with E-state index in [0.717, 1.165) is 0 Å². The summed E-state index contributed by atoms with van der Waals surface area (Å²) in [7, 11) is 1.71. The lowest BCUT2D eigenvalue weighted by molar-refractivity contribution is 0.0999. The summed E-state index contributed by atoms with van der Waals surface area (Å²) in [6.07, 6.45) is 3.04. The van der Waals surface area contributed by atoms with Gasteiger partial charge in [0.25, 0.3) is 0 Å². The monoisotopic (exact) mass is 254 g/mol. The van der Waals surface area contributed by atoms with E-state index < -0.39 is 0 Å². The number of carbonyl (C=O) groups excluding carboxylic acids is 1. The van der Waals surface area contributed by atoms with Gasteiger partial charge in [-0.05, 0) is 28.1 Å². The quantitative estimate of drug-likeness (QED) is 0.771. The van der Waals surface area contributed by atoms with Gasteiger partial charge in [0.05, 0.1) is 10.7 Å². The largest absolute Gasteiger partial charge is 0.460 e. The summed E-state index contributed by atoms with van der Waals surface area (Å²) >= 11 is 3.23. The summed E-state index contributed by atoms with van der Waals surface area (Å²) in [5, 5.41) is 3.92. The van der Waals surface area contributed by atoms with Gasteiger partial charge in [0, 0.05) is 13.2 Å². The minimum Gasteiger partial charge on any atom is -0.460 e. The van der Waals surface area contributed by atoms with Crippen LogP contribution < -0.4 is 0 Å². The average molecular weight is 255 g/mol. The van der Waals surface area contributed by atoms with Crippen LogP contribution in [0.4, 0.5) is 0 Å². The predicted molar refractivity (Wildman–Crippen MR) is 53.0 cm³/mol. The molecule has 0 aliphatic rings. The van der Waals surface area contributed by atoms with Gasteiger partial charge in [-0.25, -0.2) is 0 Å². The number of halogens is 1. The van der Waals surface area contributed by atoms with E-state index in [1.54, 1.807) is 25.4 Å². The van der Waals surface area contributed by atoms with Crippen LogP contribution in [-0.2, 0) is 7.05 Å². The number of furan rings is 1. The number of ketones is 1. The van der Waals surface area contributed by atoms with E-state index in [-0.39, 0.29) is 5.78 Å².